The smallest absolute Gasteiger partial charge is 0.387 e. The zero-order valence-electron chi connectivity index (χ0n) is 12.7. The van der Waals surface area contributed by atoms with Gasteiger partial charge in [-0.25, -0.2) is 4.98 Å². The molecule has 0 aliphatic carbocycles. The van der Waals surface area contributed by atoms with Crippen molar-refractivity contribution in [2.75, 3.05) is 11.9 Å². The van der Waals surface area contributed by atoms with Gasteiger partial charge < -0.3 is 10.4 Å². The monoisotopic (exact) mass is 336 g/mol. The van der Waals surface area contributed by atoms with E-state index in [0.717, 1.165) is 17.5 Å². The molecule has 3 rings (SSSR count). The molecular weight excluding hydrogens is 321 g/mol. The molecule has 2 aromatic heterocycles. The number of aliphatic hydroxyl groups excluding tert-OH is 1. The highest BCUT2D eigenvalue weighted by Crippen LogP contribution is 2.31. The van der Waals surface area contributed by atoms with Crippen LogP contribution < -0.4 is 5.32 Å². The molecule has 1 atom stereocenters. The Hall–Kier alpha value is -2.61. The lowest BCUT2D eigenvalue weighted by Crippen LogP contribution is -2.14. The van der Waals surface area contributed by atoms with Crippen LogP contribution in [0.4, 0.5) is 18.9 Å². The third-order valence-corrected chi connectivity index (χ3v) is 3.72. The van der Waals surface area contributed by atoms with Gasteiger partial charge in [0.1, 0.15) is 0 Å². The van der Waals surface area contributed by atoms with Crippen LogP contribution in [0.15, 0.2) is 42.7 Å². The molecule has 2 N–H and O–H groups in total. The molecular formula is C16H15F3N4O. The first kappa shape index (κ1) is 16.3. The number of hydrogen-bond donors (Lipinski definition) is 2. The van der Waals surface area contributed by atoms with Crippen molar-refractivity contribution in [2.24, 2.45) is 7.05 Å². The highest BCUT2D eigenvalue weighted by Gasteiger charge is 2.30. The largest absolute Gasteiger partial charge is 0.416 e. The molecule has 0 bridgehead atoms. The summed E-state index contributed by atoms with van der Waals surface area (Å²) in [5.74, 6) is 0. The predicted molar refractivity (Wildman–Crippen MR) is 83.4 cm³/mol. The van der Waals surface area contributed by atoms with E-state index in [1.54, 1.807) is 30.2 Å². The minimum Gasteiger partial charge on any atom is -0.387 e. The summed E-state index contributed by atoms with van der Waals surface area (Å²) in [6.07, 6.45) is -2.27. The van der Waals surface area contributed by atoms with Crippen LogP contribution in [0.5, 0.6) is 0 Å². The molecule has 0 amide bonds. The number of nitrogens with zero attached hydrogens (tertiary/aromatic N) is 3. The zero-order chi connectivity index (χ0) is 17.3. The summed E-state index contributed by atoms with van der Waals surface area (Å²) in [5, 5.41) is 18.1. The Labute approximate surface area is 135 Å². The number of alkyl halides is 3. The number of aryl methyl sites for hydroxylation is 1. The van der Waals surface area contributed by atoms with E-state index in [1.165, 1.54) is 12.1 Å². The number of nitrogens with one attached hydrogen (secondary N) is 1. The maximum atomic E-state index is 12.7. The molecule has 0 fully saturated rings. The fourth-order valence-corrected chi connectivity index (χ4v) is 2.45. The molecule has 0 spiro atoms. The topological polar surface area (TPSA) is 63.0 Å². The van der Waals surface area contributed by atoms with Gasteiger partial charge in [0.25, 0.3) is 0 Å². The van der Waals surface area contributed by atoms with Crippen molar-refractivity contribution in [1.82, 2.24) is 14.8 Å². The lowest BCUT2D eigenvalue weighted by Gasteiger charge is -2.15. The predicted octanol–water partition coefficient (Wildman–Crippen LogP) is 3.13. The molecule has 2 heterocycles. The van der Waals surface area contributed by atoms with E-state index < -0.39 is 17.8 Å². The third-order valence-electron chi connectivity index (χ3n) is 3.72. The van der Waals surface area contributed by atoms with Gasteiger partial charge in [-0.15, -0.1) is 0 Å². The summed E-state index contributed by atoms with van der Waals surface area (Å²) in [4.78, 5) is 4.20. The summed E-state index contributed by atoms with van der Waals surface area (Å²) in [6.45, 7) is 0.0648. The number of fused-ring (bicyclic) bond motifs is 1. The van der Waals surface area contributed by atoms with E-state index in [2.05, 4.69) is 15.4 Å². The van der Waals surface area contributed by atoms with Gasteiger partial charge in [-0.1, -0.05) is 12.1 Å². The summed E-state index contributed by atoms with van der Waals surface area (Å²) < 4.78 is 39.9. The van der Waals surface area contributed by atoms with E-state index >= 15 is 0 Å². The Bertz CT molecular complexity index is 860. The molecule has 1 unspecified atom stereocenters. The average Bonchev–Trinajstić information content (AvgIpc) is 2.94. The molecule has 0 aliphatic heterocycles. The highest BCUT2D eigenvalue weighted by molar-refractivity contribution is 5.88. The normalized spacial score (nSPS) is 13.2. The molecule has 3 aromatic rings. The van der Waals surface area contributed by atoms with Crippen LogP contribution in [0.2, 0.25) is 0 Å². The van der Waals surface area contributed by atoms with Crippen LogP contribution in [0.25, 0.3) is 11.0 Å². The number of benzene rings is 1. The number of pyridine rings is 1. The van der Waals surface area contributed by atoms with Gasteiger partial charge in [-0.2, -0.15) is 18.3 Å². The number of aliphatic hydroxyl groups is 1. The number of hydrogen-bond acceptors (Lipinski definition) is 4. The Kier molecular flexibility index (Phi) is 4.15. The minimum absolute atomic E-state index is 0.0648. The van der Waals surface area contributed by atoms with Crippen molar-refractivity contribution < 1.29 is 18.3 Å². The number of anilines is 1. The quantitative estimate of drug-likeness (QED) is 0.768. The van der Waals surface area contributed by atoms with Crippen molar-refractivity contribution in [3.8, 4) is 0 Å². The van der Waals surface area contributed by atoms with Crippen LogP contribution in [-0.2, 0) is 13.2 Å². The van der Waals surface area contributed by atoms with E-state index in [9.17, 15) is 18.3 Å². The third kappa shape index (κ3) is 3.18. The van der Waals surface area contributed by atoms with Gasteiger partial charge in [-0.3, -0.25) is 4.68 Å². The van der Waals surface area contributed by atoms with Gasteiger partial charge in [0.15, 0.2) is 5.65 Å². The summed E-state index contributed by atoms with van der Waals surface area (Å²) >= 11 is 0. The second-order valence-corrected chi connectivity index (χ2v) is 5.38. The summed E-state index contributed by atoms with van der Waals surface area (Å²) in [5.41, 5.74) is 0.805. The van der Waals surface area contributed by atoms with E-state index in [0.29, 0.717) is 11.3 Å². The SMILES string of the molecule is Cn1ncc2c(NCC(O)c3cccc(C(F)(F)F)c3)ccnc21. The fraction of sp³-hybridized carbons (Fsp3) is 0.250. The van der Waals surface area contributed by atoms with Gasteiger partial charge in [0.05, 0.1) is 23.3 Å². The Morgan fingerprint density at radius 3 is 2.83 bits per heavy atom. The first-order valence-corrected chi connectivity index (χ1v) is 7.22. The van der Waals surface area contributed by atoms with Crippen LogP contribution in [0.1, 0.15) is 17.2 Å². The molecule has 0 radical (unpaired) electrons. The van der Waals surface area contributed by atoms with Crippen LogP contribution in [0, 0.1) is 0 Å². The van der Waals surface area contributed by atoms with Crippen molar-refractivity contribution in [1.29, 1.82) is 0 Å². The lowest BCUT2D eigenvalue weighted by atomic mass is 10.1. The molecule has 0 saturated heterocycles. The molecule has 0 aliphatic rings. The van der Waals surface area contributed by atoms with E-state index in [-0.39, 0.29) is 12.1 Å². The van der Waals surface area contributed by atoms with Gasteiger partial charge >= 0.3 is 6.18 Å². The van der Waals surface area contributed by atoms with Crippen molar-refractivity contribution in [3.63, 3.8) is 0 Å². The molecule has 0 saturated carbocycles. The fourth-order valence-electron chi connectivity index (χ4n) is 2.45. The zero-order valence-corrected chi connectivity index (χ0v) is 12.7. The lowest BCUT2D eigenvalue weighted by molar-refractivity contribution is -0.137. The first-order chi connectivity index (χ1) is 11.4. The standard InChI is InChI=1S/C16H15F3N4O/c1-23-15-12(8-22-23)13(5-6-20-15)21-9-14(24)10-3-2-4-11(7-10)16(17,18)19/h2-8,14,24H,9H2,1H3,(H,20,21). The van der Waals surface area contributed by atoms with Gasteiger partial charge in [-0.05, 0) is 23.8 Å². The average molecular weight is 336 g/mol. The first-order valence-electron chi connectivity index (χ1n) is 7.22. The van der Waals surface area contributed by atoms with Gasteiger partial charge in [0, 0.05) is 25.5 Å². The molecule has 24 heavy (non-hydrogen) atoms. The summed E-state index contributed by atoms with van der Waals surface area (Å²) in [7, 11) is 1.76. The van der Waals surface area contributed by atoms with Crippen molar-refractivity contribution in [3.05, 3.63) is 53.9 Å². The van der Waals surface area contributed by atoms with Crippen LogP contribution in [0.3, 0.4) is 0 Å². The molecule has 8 heteroatoms. The van der Waals surface area contributed by atoms with Gasteiger partial charge in [0.2, 0.25) is 0 Å². The maximum absolute atomic E-state index is 12.7. The second-order valence-electron chi connectivity index (χ2n) is 5.38. The second kappa shape index (κ2) is 6.12. The van der Waals surface area contributed by atoms with Crippen molar-refractivity contribution in [2.45, 2.75) is 12.3 Å². The van der Waals surface area contributed by atoms with E-state index in [1.807, 2.05) is 0 Å². The van der Waals surface area contributed by atoms with Crippen LogP contribution in [-0.4, -0.2) is 26.4 Å². The number of halogens is 3. The molecule has 126 valence electrons. The molecule has 1 aromatic carbocycles. The Morgan fingerprint density at radius 2 is 2.08 bits per heavy atom. The molecule has 5 nitrogen and oxygen atoms in total. The highest BCUT2D eigenvalue weighted by atomic mass is 19.4. The van der Waals surface area contributed by atoms with Crippen molar-refractivity contribution >= 4 is 16.7 Å². The minimum atomic E-state index is -4.43. The van der Waals surface area contributed by atoms with Crippen LogP contribution >= 0.6 is 0 Å². The Balaban J connectivity index is 1.77. The maximum Gasteiger partial charge on any atom is 0.416 e. The van der Waals surface area contributed by atoms with E-state index in [4.69, 9.17) is 0 Å². The summed E-state index contributed by atoms with van der Waals surface area (Å²) in [6, 6.07) is 6.41. The number of rotatable bonds is 4. The Morgan fingerprint density at radius 1 is 1.29 bits per heavy atom. The number of aromatic nitrogens is 3.